The predicted octanol–water partition coefficient (Wildman–Crippen LogP) is 1.40. The van der Waals surface area contributed by atoms with E-state index in [9.17, 15) is 14.9 Å². The van der Waals surface area contributed by atoms with Gasteiger partial charge in [-0.2, -0.15) is 0 Å². The molecule has 5 heteroatoms. The number of nitro groups is 1. The van der Waals surface area contributed by atoms with Gasteiger partial charge < -0.3 is 2.85 Å². The number of hydrogen-bond acceptors (Lipinski definition) is 3. The van der Waals surface area contributed by atoms with E-state index in [4.69, 9.17) is 0 Å². The van der Waals surface area contributed by atoms with Gasteiger partial charge in [-0.1, -0.05) is 12.8 Å². The SMILES string of the molecule is O=C1CCCCCCC1[N+](=O)[O-].[Ca+2].[H-].[H-]. The maximum atomic E-state index is 11.2. The Kier molecular flexibility index (Phi) is 6.91. The summed E-state index contributed by atoms with van der Waals surface area (Å²) in [4.78, 5) is 21.1. The number of ketones is 1. The van der Waals surface area contributed by atoms with Crippen LogP contribution in [-0.4, -0.2) is 54.5 Å². The van der Waals surface area contributed by atoms with Crippen LogP contribution in [0.2, 0.25) is 0 Å². The van der Waals surface area contributed by atoms with E-state index in [1.165, 1.54) is 0 Å². The molecule has 4 nitrogen and oxygen atoms in total. The third-order valence-corrected chi connectivity index (χ3v) is 2.28. The molecule has 1 atom stereocenters. The molecule has 0 aromatic rings. The van der Waals surface area contributed by atoms with Gasteiger partial charge in [0.05, 0.1) is 0 Å². The van der Waals surface area contributed by atoms with Crippen molar-refractivity contribution in [2.75, 3.05) is 0 Å². The molecule has 0 aliphatic heterocycles. The fourth-order valence-corrected chi connectivity index (χ4v) is 1.54. The summed E-state index contributed by atoms with van der Waals surface area (Å²) in [5, 5.41) is 10.4. The second-order valence-corrected chi connectivity index (χ2v) is 3.22. The Morgan fingerprint density at radius 2 is 1.92 bits per heavy atom. The minimum atomic E-state index is -0.912. The average molecular weight is 213 g/mol. The molecule has 1 fully saturated rings. The van der Waals surface area contributed by atoms with E-state index in [0.717, 1.165) is 25.7 Å². The van der Waals surface area contributed by atoms with Crippen molar-refractivity contribution in [1.29, 1.82) is 0 Å². The number of rotatable bonds is 1. The van der Waals surface area contributed by atoms with Crippen molar-refractivity contribution in [2.45, 2.75) is 44.6 Å². The maximum Gasteiger partial charge on any atom is 2.00 e. The Hall–Kier alpha value is 0.330. The van der Waals surface area contributed by atoms with Crippen LogP contribution >= 0.6 is 0 Å². The summed E-state index contributed by atoms with van der Waals surface area (Å²) < 4.78 is 0. The zero-order valence-corrected chi connectivity index (χ0v) is 9.91. The smallest absolute Gasteiger partial charge is 1.00 e. The van der Waals surface area contributed by atoms with Crippen LogP contribution in [0.4, 0.5) is 0 Å². The Morgan fingerprint density at radius 1 is 1.31 bits per heavy atom. The molecule has 0 saturated heterocycles. The van der Waals surface area contributed by atoms with E-state index in [1.54, 1.807) is 0 Å². The summed E-state index contributed by atoms with van der Waals surface area (Å²) in [5.41, 5.74) is 0. The quantitative estimate of drug-likeness (QED) is 0.376. The molecule has 1 aliphatic rings. The van der Waals surface area contributed by atoms with Crippen molar-refractivity contribution in [2.24, 2.45) is 0 Å². The number of carbonyl (C=O) groups excluding carboxylic acids is 1. The van der Waals surface area contributed by atoms with Gasteiger partial charge in [-0.3, -0.25) is 14.9 Å². The zero-order valence-electron chi connectivity index (χ0n) is 9.70. The normalized spacial score (nSPS) is 24.0. The van der Waals surface area contributed by atoms with Crippen molar-refractivity contribution >= 4 is 43.5 Å². The summed E-state index contributed by atoms with van der Waals surface area (Å²) >= 11 is 0. The van der Waals surface area contributed by atoms with Gasteiger partial charge in [0.15, 0.2) is 0 Å². The molecule has 0 N–H and O–H groups in total. The largest absolute Gasteiger partial charge is 2.00 e. The first kappa shape index (κ1) is 13.3. The summed E-state index contributed by atoms with van der Waals surface area (Å²) in [6.07, 6.45) is 4.53. The van der Waals surface area contributed by atoms with Crippen molar-refractivity contribution in [1.82, 2.24) is 0 Å². The van der Waals surface area contributed by atoms with Crippen LogP contribution < -0.4 is 0 Å². The molecular weight excluding hydrogens is 198 g/mol. The predicted molar refractivity (Wildman–Crippen MR) is 51.5 cm³/mol. The monoisotopic (exact) mass is 213 g/mol. The van der Waals surface area contributed by atoms with Gasteiger partial charge in [0.2, 0.25) is 5.78 Å². The van der Waals surface area contributed by atoms with E-state index in [1.807, 2.05) is 0 Å². The maximum absolute atomic E-state index is 11.2. The molecule has 0 radical (unpaired) electrons. The molecule has 72 valence electrons. The average Bonchev–Trinajstić information content (AvgIpc) is 1.96. The van der Waals surface area contributed by atoms with Crippen molar-refractivity contribution in [3.63, 3.8) is 0 Å². The minimum Gasteiger partial charge on any atom is -1.00 e. The zero-order chi connectivity index (χ0) is 8.97. The van der Waals surface area contributed by atoms with E-state index in [-0.39, 0.29) is 46.4 Å². The third kappa shape index (κ3) is 4.38. The minimum absolute atomic E-state index is 0. The Morgan fingerprint density at radius 3 is 2.54 bits per heavy atom. The van der Waals surface area contributed by atoms with Gasteiger partial charge >= 0.3 is 37.7 Å². The molecule has 0 spiro atoms. The fraction of sp³-hybridized carbons (Fsp3) is 0.875. The first-order chi connectivity index (χ1) is 5.72. The van der Waals surface area contributed by atoms with E-state index in [0.29, 0.717) is 12.8 Å². The molecule has 13 heavy (non-hydrogen) atoms. The number of Topliss-reactive ketones (excluding diaryl/α,β-unsaturated/α-hetero) is 1. The van der Waals surface area contributed by atoms with Gasteiger partial charge in [-0.15, -0.1) is 0 Å². The van der Waals surface area contributed by atoms with Crippen LogP contribution in [-0.2, 0) is 4.79 Å². The third-order valence-electron chi connectivity index (χ3n) is 2.28. The fourth-order valence-electron chi connectivity index (χ4n) is 1.54. The van der Waals surface area contributed by atoms with Crippen LogP contribution in [0, 0.1) is 10.1 Å². The molecule has 0 aromatic heterocycles. The summed E-state index contributed by atoms with van der Waals surface area (Å²) in [7, 11) is 0. The summed E-state index contributed by atoms with van der Waals surface area (Å²) in [5.74, 6) is -0.181. The molecule has 1 saturated carbocycles. The molecular formula is C8H15CaNO3. The summed E-state index contributed by atoms with van der Waals surface area (Å²) in [6, 6.07) is -0.912. The molecule has 0 bridgehead atoms. The molecule has 1 unspecified atom stereocenters. The topological polar surface area (TPSA) is 60.2 Å². The van der Waals surface area contributed by atoms with Crippen LogP contribution in [0.1, 0.15) is 41.4 Å². The van der Waals surface area contributed by atoms with Crippen molar-refractivity contribution in [3.05, 3.63) is 10.1 Å². The first-order valence-electron chi connectivity index (χ1n) is 4.38. The van der Waals surface area contributed by atoms with Crippen molar-refractivity contribution < 1.29 is 12.6 Å². The number of carbonyl (C=O) groups is 1. The van der Waals surface area contributed by atoms with Gasteiger partial charge in [0.25, 0.3) is 6.04 Å². The Balaban J connectivity index is -0.000000480. The van der Waals surface area contributed by atoms with E-state index < -0.39 is 11.0 Å². The molecule has 1 aliphatic carbocycles. The number of nitrogens with zero attached hydrogens (tertiary/aromatic N) is 1. The Bertz CT molecular complexity index is 204. The standard InChI is InChI=1S/C8H13NO3.Ca.2H/c10-8-6-4-2-1-3-5-7(8)9(11)12;;;/h7H,1-6H2;;;/q;+2;2*-1. The molecule has 1 rings (SSSR count). The van der Waals surface area contributed by atoms with E-state index >= 15 is 0 Å². The molecule has 0 aromatic carbocycles. The second-order valence-electron chi connectivity index (χ2n) is 3.22. The van der Waals surface area contributed by atoms with Crippen LogP contribution in [0.3, 0.4) is 0 Å². The van der Waals surface area contributed by atoms with Crippen molar-refractivity contribution in [3.8, 4) is 0 Å². The van der Waals surface area contributed by atoms with Gasteiger partial charge in [0, 0.05) is 17.8 Å². The molecule has 0 amide bonds. The van der Waals surface area contributed by atoms with Gasteiger partial charge in [0.1, 0.15) is 0 Å². The van der Waals surface area contributed by atoms with E-state index in [2.05, 4.69) is 0 Å². The summed E-state index contributed by atoms with van der Waals surface area (Å²) in [6.45, 7) is 0. The van der Waals surface area contributed by atoms with Gasteiger partial charge in [-0.05, 0) is 12.8 Å². The Labute approximate surface area is 110 Å². The number of hydrogen-bond donors (Lipinski definition) is 0. The second kappa shape index (κ2) is 6.73. The molecule has 0 heterocycles. The van der Waals surface area contributed by atoms with Crippen LogP contribution in [0.5, 0.6) is 0 Å². The van der Waals surface area contributed by atoms with Gasteiger partial charge in [-0.25, -0.2) is 0 Å². The van der Waals surface area contributed by atoms with Crippen LogP contribution in [0.25, 0.3) is 0 Å². The van der Waals surface area contributed by atoms with Crippen LogP contribution in [0.15, 0.2) is 0 Å². The first-order valence-corrected chi connectivity index (χ1v) is 4.38.